The molecule has 31 heavy (non-hydrogen) atoms. The van der Waals surface area contributed by atoms with Crippen molar-refractivity contribution in [3.05, 3.63) is 52.6 Å². The van der Waals surface area contributed by atoms with Gasteiger partial charge in [-0.15, -0.1) is 0 Å². The molecule has 2 saturated carbocycles. The molecule has 1 saturated heterocycles. The van der Waals surface area contributed by atoms with E-state index in [2.05, 4.69) is 29.2 Å². The third-order valence-corrected chi connectivity index (χ3v) is 9.47. The molecule has 164 valence electrons. The Labute approximate surface area is 187 Å². The topological polar surface area (TPSA) is 20.3 Å². The highest BCUT2D eigenvalue weighted by Gasteiger charge is 2.51. The van der Waals surface area contributed by atoms with Crippen molar-refractivity contribution in [3.63, 3.8) is 0 Å². The van der Waals surface area contributed by atoms with Crippen LogP contribution >= 0.6 is 0 Å². The molecule has 2 heteroatoms. The molecule has 4 aliphatic carbocycles. The summed E-state index contributed by atoms with van der Waals surface area (Å²) < 4.78 is 0. The highest BCUT2D eigenvalue weighted by atomic mass is 16.1. The summed E-state index contributed by atoms with van der Waals surface area (Å²) in [5.41, 5.74) is 8.30. The molecule has 0 radical (unpaired) electrons. The summed E-state index contributed by atoms with van der Waals surface area (Å²) in [4.78, 5) is 14.5. The Kier molecular flexibility index (Phi) is 5.08. The minimum absolute atomic E-state index is 0.358. The number of ketones is 1. The van der Waals surface area contributed by atoms with E-state index in [1.54, 1.807) is 16.7 Å². The maximum absolute atomic E-state index is 11.9. The number of hydrogen-bond donors (Lipinski definition) is 0. The number of carbonyl (C=O) groups is 1. The molecule has 0 N–H and O–H groups in total. The van der Waals surface area contributed by atoms with Gasteiger partial charge >= 0.3 is 0 Å². The molecule has 1 heterocycles. The molecule has 0 amide bonds. The molecule has 3 fully saturated rings. The van der Waals surface area contributed by atoms with E-state index in [-0.39, 0.29) is 0 Å². The number of piperidine rings is 1. The summed E-state index contributed by atoms with van der Waals surface area (Å²) in [6, 6.07) is 9.68. The van der Waals surface area contributed by atoms with Crippen molar-refractivity contribution >= 4 is 11.5 Å². The second kappa shape index (κ2) is 7.94. The van der Waals surface area contributed by atoms with Gasteiger partial charge in [0.05, 0.1) is 0 Å². The van der Waals surface area contributed by atoms with Gasteiger partial charge in [0.1, 0.15) is 0 Å². The first-order valence-electron chi connectivity index (χ1n) is 13.0. The molecule has 0 bridgehead atoms. The second-order valence-electron chi connectivity index (χ2n) is 11.0. The van der Waals surface area contributed by atoms with Gasteiger partial charge in [-0.3, -0.25) is 4.79 Å². The molecule has 1 aromatic carbocycles. The molecule has 0 aromatic heterocycles. The number of nitrogens with zero attached hydrogens (tertiary/aromatic N) is 1. The van der Waals surface area contributed by atoms with E-state index in [1.165, 1.54) is 88.6 Å². The van der Waals surface area contributed by atoms with E-state index >= 15 is 0 Å². The lowest BCUT2D eigenvalue weighted by molar-refractivity contribution is -0.114. The maximum Gasteiger partial charge on any atom is 0.156 e. The van der Waals surface area contributed by atoms with E-state index in [9.17, 15) is 4.79 Å². The maximum atomic E-state index is 11.9. The fraction of sp³-hybridized carbons (Fsp3) is 0.621. The van der Waals surface area contributed by atoms with E-state index in [1.807, 2.05) is 6.08 Å². The third kappa shape index (κ3) is 3.51. The van der Waals surface area contributed by atoms with Gasteiger partial charge in [0.2, 0.25) is 0 Å². The van der Waals surface area contributed by atoms with Crippen molar-refractivity contribution in [2.45, 2.75) is 83.5 Å². The molecule has 1 aromatic rings. The Morgan fingerprint density at radius 2 is 1.71 bits per heavy atom. The zero-order valence-electron chi connectivity index (χ0n) is 19.0. The molecule has 2 nitrogen and oxygen atoms in total. The summed E-state index contributed by atoms with van der Waals surface area (Å²) in [5, 5.41) is 0. The van der Waals surface area contributed by atoms with Crippen LogP contribution in [0.25, 0.3) is 0 Å². The second-order valence-corrected chi connectivity index (χ2v) is 11.0. The summed E-state index contributed by atoms with van der Waals surface area (Å²) in [5.74, 6) is 2.02. The van der Waals surface area contributed by atoms with Crippen molar-refractivity contribution in [1.29, 1.82) is 0 Å². The monoisotopic (exact) mass is 415 g/mol. The molecule has 1 aliphatic heterocycles. The highest BCUT2D eigenvalue weighted by molar-refractivity contribution is 5.93. The first-order valence-corrected chi connectivity index (χ1v) is 13.0. The first kappa shape index (κ1) is 19.8. The Morgan fingerprint density at radius 3 is 2.55 bits per heavy atom. The lowest BCUT2D eigenvalue weighted by atomic mass is 9.56. The molecule has 5 aliphatic rings. The van der Waals surface area contributed by atoms with Crippen molar-refractivity contribution in [3.8, 4) is 0 Å². The van der Waals surface area contributed by atoms with E-state index in [4.69, 9.17) is 0 Å². The van der Waals surface area contributed by atoms with Gasteiger partial charge in [-0.25, -0.2) is 0 Å². The number of carbonyl (C=O) groups excluding carboxylic acids is 1. The van der Waals surface area contributed by atoms with Crippen LogP contribution in [-0.2, 0) is 11.2 Å². The number of allylic oxidation sites excluding steroid dienone is 4. The standard InChI is InChI=1S/C29H37NO/c31-24-11-13-25-22(19-24)8-12-27-26(25)14-16-29(15-4-5-28(27)29)20-21-6-9-23(10-7-21)30-17-2-1-3-18-30/h6-7,9-10,19,27-28H,1-5,8,11-18,20H2/t27-,28+,29+/m1/s1. The van der Waals surface area contributed by atoms with Crippen LogP contribution in [0.15, 0.2) is 47.1 Å². The van der Waals surface area contributed by atoms with E-state index < -0.39 is 0 Å². The number of hydrogen-bond acceptors (Lipinski definition) is 2. The fourth-order valence-electron chi connectivity index (χ4n) is 8.02. The normalized spacial score (nSPS) is 33.0. The molecule has 3 atom stereocenters. The lowest BCUT2D eigenvalue weighted by Crippen LogP contribution is -2.40. The number of rotatable bonds is 3. The Hall–Kier alpha value is -1.83. The van der Waals surface area contributed by atoms with Gasteiger partial charge < -0.3 is 4.90 Å². The Balaban J connectivity index is 1.23. The largest absolute Gasteiger partial charge is 0.372 e. The van der Waals surface area contributed by atoms with Crippen LogP contribution in [-0.4, -0.2) is 18.9 Å². The van der Waals surface area contributed by atoms with Crippen LogP contribution in [0.5, 0.6) is 0 Å². The van der Waals surface area contributed by atoms with Gasteiger partial charge in [0.25, 0.3) is 0 Å². The average Bonchev–Trinajstić information content (AvgIpc) is 3.23. The van der Waals surface area contributed by atoms with E-state index in [0.29, 0.717) is 11.2 Å². The van der Waals surface area contributed by atoms with Crippen LogP contribution in [0.3, 0.4) is 0 Å². The van der Waals surface area contributed by atoms with Crippen LogP contribution in [0.2, 0.25) is 0 Å². The van der Waals surface area contributed by atoms with E-state index in [0.717, 1.165) is 31.1 Å². The molecule has 0 unspecified atom stereocenters. The van der Waals surface area contributed by atoms with Crippen molar-refractivity contribution in [1.82, 2.24) is 0 Å². The van der Waals surface area contributed by atoms with Gasteiger partial charge in [-0.05, 0) is 123 Å². The zero-order chi connectivity index (χ0) is 20.8. The quantitative estimate of drug-likeness (QED) is 0.541. The molecule has 0 spiro atoms. The smallest absolute Gasteiger partial charge is 0.156 e. The summed E-state index contributed by atoms with van der Waals surface area (Å²) in [6.45, 7) is 2.46. The van der Waals surface area contributed by atoms with Crippen molar-refractivity contribution in [2.75, 3.05) is 18.0 Å². The number of anilines is 1. The SMILES string of the molecule is O=C1C=C2CC[C@@H]3C(=C2CC1)CC[C@]1(Cc2ccc(N4CCCCC4)cc2)CCC[C@@H]31. The fourth-order valence-corrected chi connectivity index (χ4v) is 8.02. The Bertz CT molecular complexity index is 917. The average molecular weight is 416 g/mol. The van der Waals surface area contributed by atoms with Crippen molar-refractivity contribution in [2.24, 2.45) is 17.3 Å². The molecular formula is C29H37NO. The highest BCUT2D eigenvalue weighted by Crippen LogP contribution is 2.61. The van der Waals surface area contributed by atoms with Gasteiger partial charge in [0.15, 0.2) is 5.78 Å². The summed E-state index contributed by atoms with van der Waals surface area (Å²) in [7, 11) is 0. The number of benzene rings is 1. The lowest BCUT2D eigenvalue weighted by Gasteiger charge is -2.49. The van der Waals surface area contributed by atoms with Crippen LogP contribution in [0.4, 0.5) is 5.69 Å². The summed E-state index contributed by atoms with van der Waals surface area (Å²) in [6.07, 6.45) is 18.5. The number of fused-ring (bicyclic) bond motifs is 4. The summed E-state index contributed by atoms with van der Waals surface area (Å²) >= 11 is 0. The van der Waals surface area contributed by atoms with Gasteiger partial charge in [-0.1, -0.05) is 24.1 Å². The van der Waals surface area contributed by atoms with Crippen LogP contribution < -0.4 is 4.90 Å². The van der Waals surface area contributed by atoms with Gasteiger partial charge in [-0.2, -0.15) is 0 Å². The molecule has 6 rings (SSSR count). The predicted molar refractivity (Wildman–Crippen MR) is 127 cm³/mol. The predicted octanol–water partition coefficient (Wildman–Crippen LogP) is 6.80. The van der Waals surface area contributed by atoms with Crippen LogP contribution in [0.1, 0.15) is 82.6 Å². The zero-order valence-corrected chi connectivity index (χ0v) is 19.0. The first-order chi connectivity index (χ1) is 15.2. The van der Waals surface area contributed by atoms with Crippen molar-refractivity contribution < 1.29 is 4.79 Å². The minimum Gasteiger partial charge on any atom is -0.372 e. The van der Waals surface area contributed by atoms with Gasteiger partial charge in [0, 0.05) is 25.2 Å². The molecular weight excluding hydrogens is 378 g/mol. The minimum atomic E-state index is 0.358. The Morgan fingerprint density at radius 1 is 0.871 bits per heavy atom. The third-order valence-electron chi connectivity index (χ3n) is 9.47. The van der Waals surface area contributed by atoms with Crippen LogP contribution in [0, 0.1) is 17.3 Å².